The van der Waals surface area contributed by atoms with E-state index in [0.29, 0.717) is 5.75 Å². The number of ether oxygens (including phenoxy) is 2. The molecule has 0 spiro atoms. The lowest BCUT2D eigenvalue weighted by molar-refractivity contribution is -0.152. The summed E-state index contributed by atoms with van der Waals surface area (Å²) in [4.78, 5) is 52.5. The first-order valence-electron chi connectivity index (χ1n) is 12.2. The van der Waals surface area contributed by atoms with Crippen molar-refractivity contribution >= 4 is 34.9 Å². The summed E-state index contributed by atoms with van der Waals surface area (Å²) < 4.78 is 28.3. The molecule has 0 aliphatic carbocycles. The fourth-order valence-corrected chi connectivity index (χ4v) is 4.51. The summed E-state index contributed by atoms with van der Waals surface area (Å²) in [5, 5.41) is 0. The molecule has 4 rings (SSSR count). The zero-order chi connectivity index (χ0) is 27.8. The molecule has 0 N–H and O–H groups in total. The Morgan fingerprint density at radius 3 is 2.42 bits per heavy atom. The normalized spacial score (nSPS) is 16.5. The number of piperidine rings is 1. The Bertz CT molecular complexity index is 1490. The third-order valence-electron chi connectivity index (χ3n) is 6.31. The van der Waals surface area contributed by atoms with Gasteiger partial charge in [-0.2, -0.15) is 0 Å². The molecule has 0 radical (unpaired) electrons. The molecule has 1 aromatic heterocycles. The van der Waals surface area contributed by atoms with Crippen molar-refractivity contribution in [1.29, 1.82) is 0 Å². The number of aryl methyl sites for hydroxylation is 1. The molecule has 1 atom stereocenters. The number of methoxy groups -OCH3 is 1. The molecule has 10 heteroatoms. The van der Waals surface area contributed by atoms with Gasteiger partial charge in [0.15, 0.2) is 5.82 Å². The first-order valence-corrected chi connectivity index (χ1v) is 12.2. The van der Waals surface area contributed by atoms with Crippen LogP contribution in [-0.4, -0.2) is 44.5 Å². The third kappa shape index (κ3) is 5.25. The maximum absolute atomic E-state index is 15.5. The van der Waals surface area contributed by atoms with Gasteiger partial charge in [0.1, 0.15) is 22.9 Å². The van der Waals surface area contributed by atoms with Gasteiger partial charge in [0.05, 0.1) is 19.2 Å². The van der Waals surface area contributed by atoms with Crippen molar-refractivity contribution in [2.24, 2.45) is 7.05 Å². The van der Waals surface area contributed by atoms with E-state index < -0.39 is 35.0 Å². The highest BCUT2D eigenvalue weighted by Crippen LogP contribution is 2.30. The minimum atomic E-state index is -0.968. The predicted molar refractivity (Wildman–Crippen MR) is 139 cm³/mol. The van der Waals surface area contributed by atoms with Crippen LogP contribution in [0.2, 0.25) is 0 Å². The van der Waals surface area contributed by atoms with Gasteiger partial charge in [0.2, 0.25) is 5.91 Å². The maximum atomic E-state index is 15.5. The molecule has 1 saturated heterocycles. The van der Waals surface area contributed by atoms with E-state index in [1.165, 1.54) is 29.8 Å². The Morgan fingerprint density at radius 1 is 1.11 bits per heavy atom. The van der Waals surface area contributed by atoms with Crippen LogP contribution in [-0.2, 0) is 32.7 Å². The Kier molecular flexibility index (Phi) is 7.26. The summed E-state index contributed by atoms with van der Waals surface area (Å²) in [6, 6.07) is 8.99. The molecule has 1 aliphatic heterocycles. The fourth-order valence-electron chi connectivity index (χ4n) is 4.51. The van der Waals surface area contributed by atoms with Gasteiger partial charge in [-0.3, -0.25) is 23.6 Å². The van der Waals surface area contributed by atoms with E-state index in [2.05, 4.69) is 0 Å². The molecule has 2 heterocycles. The van der Waals surface area contributed by atoms with Crippen LogP contribution >= 0.6 is 0 Å². The molecule has 0 saturated carbocycles. The SMILES string of the molecule is COc1ccc(CN2C(=O)CCC(n3c(=O)n(C)c4c(F)c(/C=C/C(=O)OC(C)(C)C)ccc43)C2=O)cc1. The molecule has 2 amide bonds. The van der Waals surface area contributed by atoms with Gasteiger partial charge in [-0.1, -0.05) is 12.1 Å². The number of likely N-dealkylation sites (tertiary alicyclic amines) is 1. The second kappa shape index (κ2) is 10.3. The highest BCUT2D eigenvalue weighted by atomic mass is 19.1. The number of imidazole rings is 1. The van der Waals surface area contributed by atoms with Gasteiger partial charge in [-0.25, -0.2) is 14.0 Å². The quantitative estimate of drug-likeness (QED) is 0.277. The molecule has 1 aliphatic rings. The van der Waals surface area contributed by atoms with Crippen LogP contribution in [0.4, 0.5) is 4.39 Å². The van der Waals surface area contributed by atoms with Crippen LogP contribution in [0.3, 0.4) is 0 Å². The van der Waals surface area contributed by atoms with E-state index in [4.69, 9.17) is 9.47 Å². The van der Waals surface area contributed by atoms with Crippen molar-refractivity contribution in [3.8, 4) is 5.75 Å². The molecule has 1 fully saturated rings. The number of hydrogen-bond donors (Lipinski definition) is 0. The molecule has 3 aromatic rings. The van der Waals surface area contributed by atoms with Crippen molar-refractivity contribution in [2.75, 3.05) is 7.11 Å². The zero-order valence-electron chi connectivity index (χ0n) is 22.0. The van der Waals surface area contributed by atoms with Gasteiger partial charge < -0.3 is 9.47 Å². The maximum Gasteiger partial charge on any atom is 0.331 e. The minimum absolute atomic E-state index is 0.00672. The number of nitrogens with zero attached hydrogens (tertiary/aromatic N) is 3. The fraction of sp³-hybridized carbons (Fsp3) is 0.357. The molecule has 2 aromatic carbocycles. The second-order valence-corrected chi connectivity index (χ2v) is 10.1. The molecule has 1 unspecified atom stereocenters. The summed E-state index contributed by atoms with van der Waals surface area (Å²) >= 11 is 0. The Balaban J connectivity index is 1.67. The monoisotopic (exact) mass is 523 g/mol. The van der Waals surface area contributed by atoms with E-state index >= 15 is 4.39 Å². The Hall–Kier alpha value is -4.21. The summed E-state index contributed by atoms with van der Waals surface area (Å²) in [5.74, 6) is -1.56. The van der Waals surface area contributed by atoms with Crippen LogP contribution in [0.25, 0.3) is 17.1 Å². The molecule has 9 nitrogen and oxygen atoms in total. The number of carbonyl (C=O) groups excluding carboxylic acids is 3. The van der Waals surface area contributed by atoms with E-state index in [1.54, 1.807) is 52.1 Å². The topological polar surface area (TPSA) is 99.8 Å². The molecule has 0 bridgehead atoms. The summed E-state index contributed by atoms with van der Waals surface area (Å²) in [7, 11) is 2.96. The molecule has 38 heavy (non-hydrogen) atoms. The summed E-state index contributed by atoms with van der Waals surface area (Å²) in [5.41, 5.74) is -0.243. The largest absolute Gasteiger partial charge is 0.497 e. The first-order chi connectivity index (χ1) is 17.9. The number of halogens is 1. The molecular weight excluding hydrogens is 493 g/mol. The average Bonchev–Trinajstić information content (AvgIpc) is 3.11. The second-order valence-electron chi connectivity index (χ2n) is 10.1. The van der Waals surface area contributed by atoms with Gasteiger partial charge in [0.25, 0.3) is 5.91 Å². The number of amides is 2. The van der Waals surface area contributed by atoms with Gasteiger partial charge in [-0.05, 0) is 63.1 Å². The van der Waals surface area contributed by atoms with Gasteiger partial charge in [-0.15, -0.1) is 0 Å². The van der Waals surface area contributed by atoms with Crippen LogP contribution in [0.1, 0.15) is 50.8 Å². The number of rotatable bonds is 6. The van der Waals surface area contributed by atoms with Crippen LogP contribution < -0.4 is 10.4 Å². The highest BCUT2D eigenvalue weighted by molar-refractivity contribution is 6.00. The summed E-state index contributed by atoms with van der Waals surface area (Å²) in [6.07, 6.45) is 2.59. The highest BCUT2D eigenvalue weighted by Gasteiger charge is 2.37. The zero-order valence-corrected chi connectivity index (χ0v) is 22.0. The van der Waals surface area contributed by atoms with Crippen molar-refractivity contribution < 1.29 is 28.2 Å². The van der Waals surface area contributed by atoms with Gasteiger partial charge >= 0.3 is 11.7 Å². The third-order valence-corrected chi connectivity index (χ3v) is 6.31. The first kappa shape index (κ1) is 26.8. The smallest absolute Gasteiger partial charge is 0.331 e. The lowest BCUT2D eigenvalue weighted by atomic mass is 10.0. The van der Waals surface area contributed by atoms with Crippen molar-refractivity contribution in [2.45, 2.75) is 51.8 Å². The van der Waals surface area contributed by atoms with Crippen molar-refractivity contribution in [3.05, 3.63) is 69.9 Å². The lowest BCUT2D eigenvalue weighted by Crippen LogP contribution is -2.47. The molecule has 200 valence electrons. The standard InChI is InChI=1S/C28H30FN3O6/c1-28(2,3)38-23(34)15-9-18-8-12-20-25(24(18)29)30(4)27(36)32(20)21-13-14-22(33)31(26(21)35)16-17-6-10-19(37-5)11-7-17/h6-12,15,21H,13-14,16H2,1-5H3/b15-9+. The van der Waals surface area contributed by atoms with Gasteiger partial charge in [0, 0.05) is 25.1 Å². The van der Waals surface area contributed by atoms with Crippen LogP contribution in [0, 0.1) is 5.82 Å². The number of imide groups is 1. The lowest BCUT2D eigenvalue weighted by Gasteiger charge is -2.31. The number of hydrogen-bond acceptors (Lipinski definition) is 6. The van der Waals surface area contributed by atoms with E-state index in [1.807, 2.05) is 0 Å². The number of aromatic nitrogens is 2. The Labute approximate surface area is 219 Å². The minimum Gasteiger partial charge on any atom is -0.497 e. The van der Waals surface area contributed by atoms with E-state index in [-0.39, 0.29) is 41.9 Å². The predicted octanol–water partition coefficient (Wildman–Crippen LogP) is 3.73. The van der Waals surface area contributed by atoms with Crippen molar-refractivity contribution in [3.63, 3.8) is 0 Å². The van der Waals surface area contributed by atoms with E-state index in [0.717, 1.165) is 21.1 Å². The number of esters is 1. The number of benzene rings is 2. The number of carbonyl (C=O) groups is 3. The number of fused-ring (bicyclic) bond motifs is 1. The van der Waals surface area contributed by atoms with Crippen LogP contribution in [0.5, 0.6) is 5.75 Å². The average molecular weight is 524 g/mol. The van der Waals surface area contributed by atoms with E-state index in [9.17, 15) is 19.2 Å². The Morgan fingerprint density at radius 2 is 1.79 bits per heavy atom. The summed E-state index contributed by atoms with van der Waals surface area (Å²) in [6.45, 7) is 5.22. The van der Waals surface area contributed by atoms with Crippen LogP contribution in [0.15, 0.2) is 47.3 Å². The van der Waals surface area contributed by atoms with Crippen molar-refractivity contribution in [1.82, 2.24) is 14.0 Å². The molecular formula is C28H30FN3O6.